The maximum atomic E-state index is 13.1. The molecule has 0 aliphatic carbocycles. The number of sulfone groups is 1. The molecule has 3 aromatic rings. The molecule has 0 amide bonds. The fourth-order valence-electron chi connectivity index (χ4n) is 3.08. The van der Waals surface area contributed by atoms with Crippen molar-refractivity contribution in [2.24, 2.45) is 0 Å². The summed E-state index contributed by atoms with van der Waals surface area (Å²) in [5, 5.41) is 8.20. The van der Waals surface area contributed by atoms with Gasteiger partial charge in [0.25, 0.3) is 0 Å². The van der Waals surface area contributed by atoms with Crippen LogP contribution in [0.3, 0.4) is 0 Å². The van der Waals surface area contributed by atoms with Crippen LogP contribution < -0.4 is 0 Å². The topological polar surface area (TPSA) is 71.4 Å². The van der Waals surface area contributed by atoms with E-state index in [-0.39, 0.29) is 11.3 Å². The van der Waals surface area contributed by atoms with Gasteiger partial charge in [0.1, 0.15) is 0 Å². The van der Waals surface area contributed by atoms with Crippen molar-refractivity contribution >= 4 is 28.0 Å². The Morgan fingerprint density at radius 3 is 1.86 bits per heavy atom. The van der Waals surface area contributed by atoms with Crippen molar-refractivity contribution in [3.05, 3.63) is 102 Å². The SMILES string of the molecule is O=C(O)CC(Cc1ccccc1)S(=O)(=O)c1ccc(C=Cc2ccccc2)cc1. The summed E-state index contributed by atoms with van der Waals surface area (Å²) in [5.41, 5.74) is 2.71. The molecule has 3 rings (SSSR count). The highest BCUT2D eigenvalue weighted by Crippen LogP contribution is 2.23. The zero-order chi connectivity index (χ0) is 20.7. The molecule has 3 aromatic carbocycles. The predicted molar refractivity (Wildman–Crippen MR) is 115 cm³/mol. The van der Waals surface area contributed by atoms with Gasteiger partial charge in [0.2, 0.25) is 0 Å². The first-order valence-corrected chi connectivity index (χ1v) is 10.8. The lowest BCUT2D eigenvalue weighted by molar-refractivity contribution is -0.137. The summed E-state index contributed by atoms with van der Waals surface area (Å²) in [5.74, 6) is -1.13. The second-order valence-corrected chi connectivity index (χ2v) is 9.00. The van der Waals surface area contributed by atoms with E-state index < -0.39 is 27.5 Å². The van der Waals surface area contributed by atoms with Gasteiger partial charge in [-0.05, 0) is 35.2 Å². The Hall–Kier alpha value is -3.18. The highest BCUT2D eigenvalue weighted by Gasteiger charge is 2.29. The highest BCUT2D eigenvalue weighted by molar-refractivity contribution is 7.92. The van der Waals surface area contributed by atoms with Crippen molar-refractivity contribution in [3.8, 4) is 0 Å². The first-order valence-electron chi connectivity index (χ1n) is 9.28. The molecule has 0 aromatic heterocycles. The van der Waals surface area contributed by atoms with Crippen molar-refractivity contribution in [2.75, 3.05) is 0 Å². The van der Waals surface area contributed by atoms with E-state index in [1.165, 1.54) is 0 Å². The number of carbonyl (C=O) groups is 1. The second-order valence-electron chi connectivity index (χ2n) is 6.77. The Labute approximate surface area is 171 Å². The molecule has 0 aliphatic heterocycles. The minimum Gasteiger partial charge on any atom is -0.481 e. The van der Waals surface area contributed by atoms with Crippen molar-refractivity contribution in [1.29, 1.82) is 0 Å². The lowest BCUT2D eigenvalue weighted by Crippen LogP contribution is -2.27. The van der Waals surface area contributed by atoms with E-state index in [2.05, 4.69) is 0 Å². The zero-order valence-electron chi connectivity index (χ0n) is 15.8. The molecule has 148 valence electrons. The van der Waals surface area contributed by atoms with E-state index in [0.717, 1.165) is 16.7 Å². The number of aliphatic carboxylic acids is 1. The van der Waals surface area contributed by atoms with E-state index in [1.807, 2.05) is 72.8 Å². The van der Waals surface area contributed by atoms with Gasteiger partial charge < -0.3 is 5.11 Å². The number of hydrogen-bond donors (Lipinski definition) is 1. The quantitative estimate of drug-likeness (QED) is 0.550. The van der Waals surface area contributed by atoms with Gasteiger partial charge in [0.05, 0.1) is 16.6 Å². The monoisotopic (exact) mass is 406 g/mol. The molecule has 5 heteroatoms. The molecule has 0 fully saturated rings. The third-order valence-electron chi connectivity index (χ3n) is 4.62. The molecule has 4 nitrogen and oxygen atoms in total. The first-order chi connectivity index (χ1) is 13.9. The van der Waals surface area contributed by atoms with Gasteiger partial charge >= 0.3 is 5.97 Å². The maximum Gasteiger partial charge on any atom is 0.304 e. The summed E-state index contributed by atoms with van der Waals surface area (Å²) in [4.78, 5) is 11.4. The largest absolute Gasteiger partial charge is 0.481 e. The van der Waals surface area contributed by atoms with E-state index in [0.29, 0.717) is 0 Å². The van der Waals surface area contributed by atoms with E-state index in [9.17, 15) is 18.3 Å². The molecule has 29 heavy (non-hydrogen) atoms. The first kappa shape index (κ1) is 20.6. The predicted octanol–water partition coefficient (Wildman–Crippen LogP) is 4.72. The summed E-state index contributed by atoms with van der Waals surface area (Å²) in [7, 11) is -3.78. The van der Waals surface area contributed by atoms with Crippen molar-refractivity contribution < 1.29 is 18.3 Å². The molecule has 0 bridgehead atoms. The normalized spacial score (nSPS) is 12.7. The molecular weight excluding hydrogens is 384 g/mol. The smallest absolute Gasteiger partial charge is 0.304 e. The van der Waals surface area contributed by atoms with Gasteiger partial charge in [-0.2, -0.15) is 0 Å². The number of benzene rings is 3. The van der Waals surface area contributed by atoms with Gasteiger partial charge in [-0.3, -0.25) is 4.79 Å². The Balaban J connectivity index is 1.82. The van der Waals surface area contributed by atoms with Crippen LogP contribution in [-0.2, 0) is 21.1 Å². The van der Waals surface area contributed by atoms with Crippen LogP contribution >= 0.6 is 0 Å². The number of hydrogen-bond acceptors (Lipinski definition) is 3. The van der Waals surface area contributed by atoms with Gasteiger partial charge in [-0.15, -0.1) is 0 Å². The molecule has 1 N–H and O–H groups in total. The fourth-order valence-corrected chi connectivity index (χ4v) is 4.76. The Bertz CT molecular complexity index is 1070. The summed E-state index contributed by atoms with van der Waals surface area (Å²) >= 11 is 0. The van der Waals surface area contributed by atoms with Crippen LogP contribution in [-0.4, -0.2) is 24.7 Å². The lowest BCUT2D eigenvalue weighted by atomic mass is 10.1. The summed E-state index contributed by atoms with van der Waals surface area (Å²) in [6.45, 7) is 0. The van der Waals surface area contributed by atoms with Crippen LogP contribution in [0.25, 0.3) is 12.2 Å². The lowest BCUT2D eigenvalue weighted by Gasteiger charge is -2.16. The van der Waals surface area contributed by atoms with Crippen molar-refractivity contribution in [1.82, 2.24) is 0 Å². The van der Waals surface area contributed by atoms with Crippen molar-refractivity contribution in [3.63, 3.8) is 0 Å². The van der Waals surface area contributed by atoms with E-state index in [1.54, 1.807) is 24.3 Å². The molecule has 0 radical (unpaired) electrons. The molecule has 0 saturated carbocycles. The third-order valence-corrected chi connectivity index (χ3v) is 6.76. The number of rotatable bonds is 8. The third kappa shape index (κ3) is 5.65. The van der Waals surface area contributed by atoms with Gasteiger partial charge in [0.15, 0.2) is 9.84 Å². The minimum absolute atomic E-state index is 0.136. The maximum absolute atomic E-state index is 13.1. The fraction of sp³-hybridized carbons (Fsp3) is 0.125. The van der Waals surface area contributed by atoms with Crippen LogP contribution in [0.2, 0.25) is 0 Å². The Morgan fingerprint density at radius 1 is 0.793 bits per heavy atom. The summed E-state index contributed by atoms with van der Waals surface area (Å²) in [6, 6.07) is 25.4. The zero-order valence-corrected chi connectivity index (χ0v) is 16.6. The molecule has 1 unspecified atom stereocenters. The molecule has 1 atom stereocenters. The summed E-state index contributed by atoms with van der Waals surface area (Å²) in [6.07, 6.45) is 3.58. The van der Waals surface area contributed by atoms with Crippen LogP contribution in [0, 0.1) is 0 Å². The van der Waals surface area contributed by atoms with Gasteiger partial charge in [0, 0.05) is 0 Å². The van der Waals surface area contributed by atoms with Gasteiger partial charge in [-0.25, -0.2) is 8.42 Å². The minimum atomic E-state index is -3.78. The van der Waals surface area contributed by atoms with Gasteiger partial charge in [-0.1, -0.05) is 84.9 Å². The standard InChI is InChI=1S/C24H22O4S/c25-24(26)18-23(17-21-9-5-2-6-10-21)29(27,28)22-15-13-20(14-16-22)12-11-19-7-3-1-4-8-19/h1-16,23H,17-18H2,(H,25,26). The van der Waals surface area contributed by atoms with Crippen molar-refractivity contribution in [2.45, 2.75) is 23.0 Å². The van der Waals surface area contributed by atoms with Crippen LogP contribution in [0.15, 0.2) is 89.8 Å². The number of carboxylic acid groups (broad SMARTS) is 1. The molecule has 0 heterocycles. The van der Waals surface area contributed by atoms with Crippen LogP contribution in [0.1, 0.15) is 23.1 Å². The highest BCUT2D eigenvalue weighted by atomic mass is 32.2. The average Bonchev–Trinajstić information content (AvgIpc) is 2.73. The number of carboxylic acids is 1. The molecule has 0 aliphatic rings. The Kier molecular flexibility index (Phi) is 6.62. The van der Waals surface area contributed by atoms with E-state index in [4.69, 9.17) is 0 Å². The van der Waals surface area contributed by atoms with Crippen LogP contribution in [0.5, 0.6) is 0 Å². The summed E-state index contributed by atoms with van der Waals surface area (Å²) < 4.78 is 26.2. The van der Waals surface area contributed by atoms with E-state index >= 15 is 0 Å². The molecular formula is C24H22O4S. The molecule has 0 spiro atoms. The molecule has 0 saturated heterocycles. The Morgan fingerprint density at radius 2 is 1.31 bits per heavy atom. The average molecular weight is 407 g/mol. The van der Waals surface area contributed by atoms with Crippen LogP contribution in [0.4, 0.5) is 0 Å². The second kappa shape index (κ2) is 9.34.